The Labute approximate surface area is 163 Å². The molecule has 0 aliphatic rings. The van der Waals surface area contributed by atoms with Gasteiger partial charge < -0.3 is 9.51 Å². The Bertz CT molecular complexity index is 1200. The lowest BCUT2D eigenvalue weighted by Gasteiger charge is -2.12. The van der Waals surface area contributed by atoms with E-state index < -0.39 is 17.6 Å². The molecule has 29 heavy (non-hydrogen) atoms. The molecule has 0 amide bonds. The number of imidazole rings is 1. The van der Waals surface area contributed by atoms with Crippen LogP contribution in [0, 0.1) is 5.82 Å². The molecule has 0 bridgehead atoms. The number of benzene rings is 2. The standard InChI is InChI=1S/C21H17F4N3O/c1-20(2,3)17-10-16(29-28-17)19-26-15-9-11(12-6-4-5-7-14(12)22)8-13(18(15)27-19)21(23,24)25/h4-10H,1-3H3,(H,26,27). The predicted molar refractivity (Wildman–Crippen MR) is 101 cm³/mol. The Morgan fingerprint density at radius 1 is 1.00 bits per heavy atom. The molecule has 2 heterocycles. The minimum atomic E-state index is -4.65. The summed E-state index contributed by atoms with van der Waals surface area (Å²) in [5.41, 5.74) is -0.544. The average Bonchev–Trinajstić information content (AvgIpc) is 3.27. The number of H-pyrrole nitrogens is 1. The molecular formula is C21H17F4N3O. The molecule has 0 atom stereocenters. The van der Waals surface area contributed by atoms with Crippen LogP contribution in [0.15, 0.2) is 47.0 Å². The number of alkyl halides is 3. The quantitative estimate of drug-likeness (QED) is 0.397. The Hall–Kier alpha value is -3.16. The van der Waals surface area contributed by atoms with Crippen molar-refractivity contribution in [2.24, 2.45) is 0 Å². The first-order chi connectivity index (χ1) is 13.5. The van der Waals surface area contributed by atoms with Crippen molar-refractivity contribution in [1.29, 1.82) is 0 Å². The summed E-state index contributed by atoms with van der Waals surface area (Å²) < 4.78 is 60.6. The van der Waals surface area contributed by atoms with Crippen LogP contribution in [0.1, 0.15) is 32.0 Å². The molecule has 4 aromatic rings. The SMILES string of the molecule is CC(C)(C)c1cc(-c2nc3cc(-c4ccccc4F)cc(C(F)(F)F)c3[nH]2)on1. The predicted octanol–water partition coefficient (Wildman–Crippen LogP) is 6.34. The van der Waals surface area contributed by atoms with Gasteiger partial charge in [0.15, 0.2) is 5.82 Å². The molecule has 4 rings (SSSR count). The van der Waals surface area contributed by atoms with Gasteiger partial charge in [-0.2, -0.15) is 13.2 Å². The van der Waals surface area contributed by atoms with E-state index in [0.29, 0.717) is 5.69 Å². The first kappa shape index (κ1) is 19.2. The molecule has 1 N–H and O–H groups in total. The van der Waals surface area contributed by atoms with E-state index in [0.717, 1.165) is 6.07 Å². The molecule has 0 saturated carbocycles. The van der Waals surface area contributed by atoms with Gasteiger partial charge in [0.2, 0.25) is 5.76 Å². The van der Waals surface area contributed by atoms with Gasteiger partial charge in [0, 0.05) is 17.0 Å². The highest BCUT2D eigenvalue weighted by Gasteiger charge is 2.35. The summed E-state index contributed by atoms with van der Waals surface area (Å²) in [5, 5.41) is 3.98. The van der Waals surface area contributed by atoms with E-state index in [9.17, 15) is 17.6 Å². The van der Waals surface area contributed by atoms with Crippen molar-refractivity contribution in [2.45, 2.75) is 32.4 Å². The second kappa shape index (κ2) is 6.43. The van der Waals surface area contributed by atoms with E-state index in [2.05, 4.69) is 15.1 Å². The van der Waals surface area contributed by atoms with Crippen LogP contribution in [0.25, 0.3) is 33.7 Å². The monoisotopic (exact) mass is 403 g/mol. The molecule has 2 aromatic heterocycles. The van der Waals surface area contributed by atoms with E-state index in [1.807, 2.05) is 20.8 Å². The third-order valence-corrected chi connectivity index (χ3v) is 4.60. The normalized spacial score (nSPS) is 12.7. The Morgan fingerprint density at radius 2 is 1.72 bits per heavy atom. The van der Waals surface area contributed by atoms with E-state index in [1.165, 1.54) is 24.3 Å². The number of aromatic amines is 1. The van der Waals surface area contributed by atoms with Crippen molar-refractivity contribution in [2.75, 3.05) is 0 Å². The second-order valence-corrected chi connectivity index (χ2v) is 7.81. The van der Waals surface area contributed by atoms with Gasteiger partial charge >= 0.3 is 6.18 Å². The fraction of sp³-hybridized carbons (Fsp3) is 0.238. The Morgan fingerprint density at radius 3 is 2.34 bits per heavy atom. The maximum Gasteiger partial charge on any atom is 0.418 e. The first-order valence-electron chi connectivity index (χ1n) is 8.87. The van der Waals surface area contributed by atoms with E-state index in [-0.39, 0.29) is 39.2 Å². The number of nitrogens with one attached hydrogen (secondary N) is 1. The summed E-state index contributed by atoms with van der Waals surface area (Å²) in [4.78, 5) is 6.94. The summed E-state index contributed by atoms with van der Waals surface area (Å²) in [7, 11) is 0. The van der Waals surface area contributed by atoms with Crippen molar-refractivity contribution >= 4 is 11.0 Å². The molecule has 0 fully saturated rings. The zero-order valence-electron chi connectivity index (χ0n) is 15.9. The molecule has 0 aliphatic carbocycles. The zero-order chi connectivity index (χ0) is 21.0. The van der Waals surface area contributed by atoms with E-state index in [4.69, 9.17) is 4.52 Å². The lowest BCUT2D eigenvalue weighted by atomic mass is 9.92. The van der Waals surface area contributed by atoms with E-state index in [1.54, 1.807) is 12.1 Å². The number of fused-ring (bicyclic) bond motifs is 1. The van der Waals surface area contributed by atoms with Crippen LogP contribution >= 0.6 is 0 Å². The Kier molecular flexibility index (Phi) is 4.25. The summed E-state index contributed by atoms with van der Waals surface area (Å²) in [5.74, 6) is -0.258. The number of nitrogens with zero attached hydrogens (tertiary/aromatic N) is 2. The van der Waals surface area contributed by atoms with Gasteiger partial charge in [0.1, 0.15) is 5.82 Å². The molecule has 0 spiro atoms. The van der Waals surface area contributed by atoms with Gasteiger partial charge in [-0.15, -0.1) is 0 Å². The highest BCUT2D eigenvalue weighted by atomic mass is 19.4. The minimum absolute atomic E-state index is 0.0572. The zero-order valence-corrected chi connectivity index (χ0v) is 15.9. The second-order valence-electron chi connectivity index (χ2n) is 7.81. The molecule has 0 aliphatic heterocycles. The van der Waals surface area contributed by atoms with Crippen LogP contribution in [-0.4, -0.2) is 15.1 Å². The highest BCUT2D eigenvalue weighted by molar-refractivity contribution is 5.87. The molecule has 150 valence electrons. The number of rotatable bonds is 2. The van der Waals surface area contributed by atoms with Crippen molar-refractivity contribution in [1.82, 2.24) is 15.1 Å². The van der Waals surface area contributed by atoms with Gasteiger partial charge in [-0.05, 0) is 23.8 Å². The summed E-state index contributed by atoms with van der Waals surface area (Å²) in [6.45, 7) is 5.82. The largest absolute Gasteiger partial charge is 0.418 e. The summed E-state index contributed by atoms with van der Waals surface area (Å²) in [6.07, 6.45) is -4.65. The van der Waals surface area contributed by atoms with Crippen molar-refractivity contribution < 1.29 is 22.1 Å². The molecule has 0 unspecified atom stereocenters. The molecular weight excluding hydrogens is 386 g/mol. The maximum absolute atomic E-state index is 14.2. The first-order valence-corrected chi connectivity index (χ1v) is 8.87. The van der Waals surface area contributed by atoms with Crippen LogP contribution in [0.4, 0.5) is 17.6 Å². The average molecular weight is 403 g/mol. The van der Waals surface area contributed by atoms with Gasteiger partial charge in [0.05, 0.1) is 22.3 Å². The molecule has 4 nitrogen and oxygen atoms in total. The number of hydrogen-bond donors (Lipinski definition) is 1. The topological polar surface area (TPSA) is 54.7 Å². The van der Waals surface area contributed by atoms with Crippen LogP contribution in [0.3, 0.4) is 0 Å². The lowest BCUT2D eigenvalue weighted by molar-refractivity contribution is -0.136. The molecule has 2 aromatic carbocycles. The third kappa shape index (κ3) is 3.50. The lowest BCUT2D eigenvalue weighted by Crippen LogP contribution is -2.10. The van der Waals surface area contributed by atoms with Gasteiger partial charge in [-0.3, -0.25) is 0 Å². The summed E-state index contributed by atoms with van der Waals surface area (Å²) >= 11 is 0. The van der Waals surface area contributed by atoms with Crippen molar-refractivity contribution in [3.05, 3.63) is 59.5 Å². The number of halogens is 4. The molecule has 0 saturated heterocycles. The smallest absolute Gasteiger partial charge is 0.353 e. The minimum Gasteiger partial charge on any atom is -0.353 e. The van der Waals surface area contributed by atoms with Gasteiger partial charge in [-0.25, -0.2) is 9.37 Å². The Balaban J connectivity index is 1.92. The fourth-order valence-corrected chi connectivity index (χ4v) is 3.04. The van der Waals surface area contributed by atoms with Crippen LogP contribution in [-0.2, 0) is 11.6 Å². The van der Waals surface area contributed by atoms with Crippen LogP contribution < -0.4 is 0 Å². The highest BCUT2D eigenvalue weighted by Crippen LogP contribution is 2.39. The fourth-order valence-electron chi connectivity index (χ4n) is 3.04. The third-order valence-electron chi connectivity index (χ3n) is 4.60. The maximum atomic E-state index is 14.2. The number of hydrogen-bond acceptors (Lipinski definition) is 3. The van der Waals surface area contributed by atoms with Crippen molar-refractivity contribution in [3.8, 4) is 22.7 Å². The summed E-state index contributed by atoms with van der Waals surface area (Å²) in [6, 6.07) is 9.65. The van der Waals surface area contributed by atoms with Gasteiger partial charge in [0.25, 0.3) is 0 Å². The van der Waals surface area contributed by atoms with E-state index >= 15 is 0 Å². The van der Waals surface area contributed by atoms with Crippen LogP contribution in [0.5, 0.6) is 0 Å². The molecule has 0 radical (unpaired) electrons. The van der Waals surface area contributed by atoms with Crippen molar-refractivity contribution in [3.63, 3.8) is 0 Å². The van der Waals surface area contributed by atoms with Crippen LogP contribution in [0.2, 0.25) is 0 Å². The van der Waals surface area contributed by atoms with Gasteiger partial charge in [-0.1, -0.05) is 44.1 Å². The molecule has 8 heteroatoms. The number of aromatic nitrogens is 3.